The van der Waals surface area contributed by atoms with Crippen LogP contribution in [0, 0.1) is 0 Å². The first-order valence-electron chi connectivity index (χ1n) is 9.04. The zero-order valence-electron chi connectivity index (χ0n) is 15.8. The maximum Gasteiger partial charge on any atom is 0.341 e. The number of thiophene rings is 1. The van der Waals surface area contributed by atoms with Crippen molar-refractivity contribution in [3.05, 3.63) is 64.1 Å². The third-order valence-electron chi connectivity index (χ3n) is 4.39. The summed E-state index contributed by atoms with van der Waals surface area (Å²) in [5.41, 5.74) is 4.21. The molecule has 0 saturated carbocycles. The summed E-state index contributed by atoms with van der Waals surface area (Å²) in [6.07, 6.45) is 1.55. The third kappa shape index (κ3) is 3.69. The van der Waals surface area contributed by atoms with Crippen LogP contribution in [0.3, 0.4) is 0 Å². The van der Waals surface area contributed by atoms with Crippen molar-refractivity contribution in [2.45, 2.75) is 20.0 Å². The molecule has 0 aliphatic carbocycles. The van der Waals surface area contributed by atoms with Crippen molar-refractivity contribution in [3.63, 3.8) is 0 Å². The van der Waals surface area contributed by atoms with E-state index in [9.17, 15) is 4.79 Å². The minimum Gasteiger partial charge on any atom is -0.462 e. The second-order valence-electron chi connectivity index (χ2n) is 6.52. The highest BCUT2D eigenvalue weighted by Crippen LogP contribution is 2.20. The Kier molecular flexibility index (Phi) is 5.23. The predicted molar refractivity (Wildman–Crippen MR) is 109 cm³/mol. The van der Waals surface area contributed by atoms with Crippen LogP contribution in [0.5, 0.6) is 0 Å². The number of benzene rings is 1. The molecule has 0 radical (unpaired) electrons. The van der Waals surface area contributed by atoms with Crippen LogP contribution in [0.2, 0.25) is 0 Å². The summed E-state index contributed by atoms with van der Waals surface area (Å²) < 4.78 is 6.92. The highest BCUT2D eigenvalue weighted by Gasteiger charge is 2.22. The van der Waals surface area contributed by atoms with Crippen LogP contribution < -0.4 is 0 Å². The van der Waals surface area contributed by atoms with Crippen LogP contribution in [0.4, 0.5) is 0 Å². The van der Waals surface area contributed by atoms with Crippen molar-refractivity contribution in [1.82, 2.24) is 24.6 Å². The average molecular weight is 395 g/mol. The van der Waals surface area contributed by atoms with Gasteiger partial charge >= 0.3 is 5.97 Å². The van der Waals surface area contributed by atoms with Gasteiger partial charge in [0.1, 0.15) is 5.56 Å². The molecule has 28 heavy (non-hydrogen) atoms. The number of ether oxygens (including phenoxy) is 1. The predicted octanol–water partition coefficient (Wildman–Crippen LogP) is 3.62. The molecule has 1 N–H and O–H groups in total. The van der Waals surface area contributed by atoms with Gasteiger partial charge in [-0.05, 0) is 48.5 Å². The van der Waals surface area contributed by atoms with E-state index in [0.29, 0.717) is 24.7 Å². The molecule has 4 aromatic rings. The summed E-state index contributed by atoms with van der Waals surface area (Å²) in [6, 6.07) is 9.89. The summed E-state index contributed by atoms with van der Waals surface area (Å²) in [5.74, 6) is 0.208. The number of hydrogen-bond donors (Lipinski definition) is 1. The molecule has 3 aromatic heterocycles. The van der Waals surface area contributed by atoms with Crippen molar-refractivity contribution in [2.75, 3.05) is 13.7 Å². The first kappa shape index (κ1) is 18.4. The lowest BCUT2D eigenvalue weighted by atomic mass is 10.2. The van der Waals surface area contributed by atoms with Crippen LogP contribution in [0.1, 0.15) is 28.5 Å². The van der Waals surface area contributed by atoms with Gasteiger partial charge in [0.05, 0.1) is 29.5 Å². The molecule has 0 aliphatic rings. The molecular formula is C20H21N5O2S. The normalized spacial score (nSPS) is 11.4. The Labute approximate surface area is 166 Å². The van der Waals surface area contributed by atoms with Gasteiger partial charge in [-0.1, -0.05) is 12.1 Å². The summed E-state index contributed by atoms with van der Waals surface area (Å²) >= 11 is 1.67. The number of imidazole rings is 1. The lowest BCUT2D eigenvalue weighted by molar-refractivity contribution is 0.0524. The molecule has 7 nitrogen and oxygen atoms in total. The van der Waals surface area contributed by atoms with Crippen LogP contribution >= 0.6 is 11.3 Å². The van der Waals surface area contributed by atoms with Crippen molar-refractivity contribution >= 4 is 28.3 Å². The van der Waals surface area contributed by atoms with Gasteiger partial charge < -0.3 is 9.72 Å². The molecule has 3 heterocycles. The zero-order valence-corrected chi connectivity index (χ0v) is 16.6. The van der Waals surface area contributed by atoms with E-state index in [1.807, 2.05) is 31.3 Å². The van der Waals surface area contributed by atoms with Gasteiger partial charge in [-0.3, -0.25) is 4.90 Å². The second kappa shape index (κ2) is 7.95. The molecule has 0 aliphatic heterocycles. The molecule has 0 saturated heterocycles. The quantitative estimate of drug-likeness (QED) is 0.484. The van der Waals surface area contributed by atoms with Gasteiger partial charge in [-0.2, -0.15) is 16.4 Å². The Morgan fingerprint density at radius 2 is 2.14 bits per heavy atom. The van der Waals surface area contributed by atoms with Crippen molar-refractivity contribution < 1.29 is 9.53 Å². The lowest BCUT2D eigenvalue weighted by Crippen LogP contribution is -2.21. The van der Waals surface area contributed by atoms with Crippen molar-refractivity contribution in [2.24, 2.45) is 0 Å². The zero-order chi connectivity index (χ0) is 19.5. The highest BCUT2D eigenvalue weighted by atomic mass is 32.1. The molecule has 1 aromatic carbocycles. The van der Waals surface area contributed by atoms with E-state index in [-0.39, 0.29) is 5.97 Å². The fourth-order valence-electron chi connectivity index (χ4n) is 3.13. The lowest BCUT2D eigenvalue weighted by Gasteiger charge is -2.17. The van der Waals surface area contributed by atoms with E-state index in [1.165, 1.54) is 5.56 Å². The Bertz CT molecular complexity index is 1050. The minimum absolute atomic E-state index is 0.318. The SMILES string of the molecule is CCOC(=O)c1cnn(-c2nc3ccccc3[nH]2)c1CN(C)Cc1ccsc1. The molecule has 4 rings (SSSR count). The van der Waals surface area contributed by atoms with Gasteiger partial charge in [-0.25, -0.2) is 14.5 Å². The smallest absolute Gasteiger partial charge is 0.341 e. The Morgan fingerprint density at radius 1 is 1.29 bits per heavy atom. The van der Waals surface area contributed by atoms with Crippen LogP contribution in [-0.2, 0) is 17.8 Å². The van der Waals surface area contributed by atoms with E-state index in [1.54, 1.807) is 29.1 Å². The average Bonchev–Trinajstić information content (AvgIpc) is 3.40. The van der Waals surface area contributed by atoms with Gasteiger partial charge in [0.2, 0.25) is 5.95 Å². The fraction of sp³-hybridized carbons (Fsp3) is 0.250. The van der Waals surface area contributed by atoms with Crippen LogP contribution in [0.25, 0.3) is 17.0 Å². The second-order valence-corrected chi connectivity index (χ2v) is 7.30. The number of carbonyl (C=O) groups is 1. The number of H-pyrrole nitrogens is 1. The van der Waals surface area contributed by atoms with Crippen molar-refractivity contribution in [1.29, 1.82) is 0 Å². The first-order chi connectivity index (χ1) is 13.7. The topological polar surface area (TPSA) is 76.0 Å². The molecule has 0 unspecified atom stereocenters. The molecule has 0 atom stereocenters. The van der Waals surface area contributed by atoms with Gasteiger partial charge in [0, 0.05) is 13.1 Å². The van der Waals surface area contributed by atoms with Crippen LogP contribution in [-0.4, -0.2) is 44.3 Å². The largest absolute Gasteiger partial charge is 0.462 e. The van der Waals surface area contributed by atoms with Crippen molar-refractivity contribution in [3.8, 4) is 5.95 Å². The van der Waals surface area contributed by atoms with E-state index in [0.717, 1.165) is 23.3 Å². The maximum absolute atomic E-state index is 12.5. The standard InChI is InChI=1S/C20H21N5O2S/c1-3-27-19(26)15-10-21-25(20-22-16-6-4-5-7-17(16)23-20)18(15)12-24(2)11-14-8-9-28-13-14/h4-10,13H,3,11-12H2,1-2H3,(H,22,23). The van der Waals surface area contributed by atoms with E-state index < -0.39 is 0 Å². The van der Waals surface area contributed by atoms with E-state index >= 15 is 0 Å². The summed E-state index contributed by atoms with van der Waals surface area (Å²) in [5, 5.41) is 8.62. The van der Waals surface area contributed by atoms with Crippen LogP contribution in [0.15, 0.2) is 47.3 Å². The van der Waals surface area contributed by atoms with E-state index in [4.69, 9.17) is 4.74 Å². The summed E-state index contributed by atoms with van der Waals surface area (Å²) in [7, 11) is 2.02. The number of hydrogen-bond acceptors (Lipinski definition) is 6. The number of rotatable bonds is 7. The first-order valence-corrected chi connectivity index (χ1v) is 9.98. The maximum atomic E-state index is 12.5. The molecule has 144 valence electrons. The van der Waals surface area contributed by atoms with Gasteiger partial charge in [0.25, 0.3) is 0 Å². The summed E-state index contributed by atoms with van der Waals surface area (Å²) in [6.45, 7) is 3.42. The highest BCUT2D eigenvalue weighted by molar-refractivity contribution is 7.07. The number of aromatic amines is 1. The molecular weight excluding hydrogens is 374 g/mol. The molecule has 0 bridgehead atoms. The Morgan fingerprint density at radius 3 is 2.89 bits per heavy atom. The number of carbonyl (C=O) groups excluding carboxylic acids is 1. The Balaban J connectivity index is 1.70. The minimum atomic E-state index is -0.371. The third-order valence-corrected chi connectivity index (χ3v) is 5.13. The van der Waals surface area contributed by atoms with Gasteiger partial charge in [0.15, 0.2) is 0 Å². The molecule has 8 heteroatoms. The number of nitrogens with one attached hydrogen (secondary N) is 1. The molecule has 0 spiro atoms. The van der Waals surface area contributed by atoms with E-state index in [2.05, 4.69) is 36.8 Å². The Hall–Kier alpha value is -2.97. The number of esters is 1. The molecule has 0 amide bonds. The number of para-hydroxylation sites is 2. The van der Waals surface area contributed by atoms with Gasteiger partial charge in [-0.15, -0.1) is 0 Å². The monoisotopic (exact) mass is 395 g/mol. The number of fused-ring (bicyclic) bond motifs is 1. The summed E-state index contributed by atoms with van der Waals surface area (Å²) in [4.78, 5) is 22.5. The molecule has 0 fully saturated rings. The fourth-order valence-corrected chi connectivity index (χ4v) is 3.79. The number of nitrogens with zero attached hydrogens (tertiary/aromatic N) is 4. The number of aromatic nitrogens is 4.